The molecular weight excluding hydrogens is 228 g/mol. The second-order valence-corrected chi connectivity index (χ2v) is 6.66. The fourth-order valence-corrected chi connectivity index (χ4v) is 5.17. The first-order valence-electron chi connectivity index (χ1n) is 7.54. The third kappa shape index (κ3) is 1.12. The molecule has 5 rings (SSSR count). The standard InChI is InChI=1S/C19H18/c1-3-7-15-13(5-1)11-18-16-8-4-2-6-14(16)12-19(18)10-9-17(15)19/h1-8,17-18H,9-12H2. The third-order valence-corrected chi connectivity index (χ3v) is 6.09. The summed E-state index contributed by atoms with van der Waals surface area (Å²) in [4.78, 5) is 0. The van der Waals surface area contributed by atoms with E-state index in [1.807, 2.05) is 0 Å². The van der Waals surface area contributed by atoms with Crippen LogP contribution in [0.4, 0.5) is 0 Å². The molecule has 0 bridgehead atoms. The molecule has 3 atom stereocenters. The Morgan fingerprint density at radius 2 is 1.47 bits per heavy atom. The maximum absolute atomic E-state index is 2.39. The molecule has 94 valence electrons. The highest BCUT2D eigenvalue weighted by Gasteiger charge is 2.58. The van der Waals surface area contributed by atoms with Gasteiger partial charge >= 0.3 is 0 Å². The van der Waals surface area contributed by atoms with E-state index >= 15 is 0 Å². The van der Waals surface area contributed by atoms with Crippen molar-refractivity contribution in [2.75, 3.05) is 0 Å². The zero-order valence-electron chi connectivity index (χ0n) is 11.1. The molecule has 0 amide bonds. The van der Waals surface area contributed by atoms with Crippen LogP contribution in [0.1, 0.15) is 46.9 Å². The number of hydrogen-bond donors (Lipinski definition) is 0. The van der Waals surface area contributed by atoms with E-state index in [0.717, 1.165) is 11.8 Å². The minimum atomic E-state index is 0.581. The van der Waals surface area contributed by atoms with Gasteiger partial charge in [-0.2, -0.15) is 0 Å². The van der Waals surface area contributed by atoms with Crippen molar-refractivity contribution in [3.63, 3.8) is 0 Å². The van der Waals surface area contributed by atoms with Gasteiger partial charge in [-0.25, -0.2) is 0 Å². The normalized spacial score (nSPS) is 33.7. The quantitative estimate of drug-likeness (QED) is 0.644. The molecule has 0 heterocycles. The van der Waals surface area contributed by atoms with E-state index in [1.165, 1.54) is 25.7 Å². The zero-order valence-corrected chi connectivity index (χ0v) is 11.1. The fourth-order valence-electron chi connectivity index (χ4n) is 5.17. The van der Waals surface area contributed by atoms with E-state index in [1.54, 1.807) is 22.3 Å². The van der Waals surface area contributed by atoms with Crippen molar-refractivity contribution in [2.45, 2.75) is 37.5 Å². The molecule has 3 unspecified atom stereocenters. The van der Waals surface area contributed by atoms with Crippen LogP contribution in [-0.4, -0.2) is 0 Å². The highest BCUT2D eigenvalue weighted by Crippen LogP contribution is 2.68. The summed E-state index contributed by atoms with van der Waals surface area (Å²) in [5, 5.41) is 0. The van der Waals surface area contributed by atoms with Crippen molar-refractivity contribution in [1.29, 1.82) is 0 Å². The Morgan fingerprint density at radius 3 is 2.21 bits per heavy atom. The van der Waals surface area contributed by atoms with Crippen LogP contribution in [0.3, 0.4) is 0 Å². The van der Waals surface area contributed by atoms with Gasteiger partial charge in [-0.1, -0.05) is 48.5 Å². The minimum Gasteiger partial charge on any atom is -0.0620 e. The molecule has 0 nitrogen and oxygen atoms in total. The van der Waals surface area contributed by atoms with Gasteiger partial charge in [0.1, 0.15) is 0 Å². The van der Waals surface area contributed by atoms with Gasteiger partial charge in [0, 0.05) is 0 Å². The van der Waals surface area contributed by atoms with E-state index in [-0.39, 0.29) is 0 Å². The SMILES string of the molecule is c1ccc2c(c1)CC1c3ccccc3CC13CCC23. The Labute approximate surface area is 114 Å². The number of hydrogen-bond acceptors (Lipinski definition) is 0. The minimum absolute atomic E-state index is 0.581. The van der Waals surface area contributed by atoms with E-state index in [4.69, 9.17) is 0 Å². The first-order chi connectivity index (χ1) is 9.38. The summed E-state index contributed by atoms with van der Waals surface area (Å²) >= 11 is 0. The van der Waals surface area contributed by atoms with Gasteiger partial charge in [0.25, 0.3) is 0 Å². The molecule has 19 heavy (non-hydrogen) atoms. The molecule has 0 aromatic heterocycles. The average Bonchev–Trinajstić information content (AvgIpc) is 2.77. The second-order valence-electron chi connectivity index (χ2n) is 6.66. The van der Waals surface area contributed by atoms with Gasteiger partial charge in [-0.05, 0) is 65.2 Å². The Hall–Kier alpha value is -1.56. The molecule has 0 saturated heterocycles. The predicted molar refractivity (Wildman–Crippen MR) is 77.4 cm³/mol. The largest absolute Gasteiger partial charge is 0.0620 e. The zero-order chi connectivity index (χ0) is 12.4. The van der Waals surface area contributed by atoms with Crippen LogP contribution < -0.4 is 0 Å². The van der Waals surface area contributed by atoms with Crippen LogP contribution in [0, 0.1) is 5.41 Å². The summed E-state index contributed by atoms with van der Waals surface area (Å²) in [5.41, 5.74) is 7.15. The number of fused-ring (bicyclic) bond motifs is 4. The van der Waals surface area contributed by atoms with Gasteiger partial charge in [-0.3, -0.25) is 0 Å². The summed E-state index contributed by atoms with van der Waals surface area (Å²) in [6, 6.07) is 18.4. The van der Waals surface area contributed by atoms with Crippen LogP contribution in [-0.2, 0) is 12.8 Å². The van der Waals surface area contributed by atoms with Crippen LogP contribution >= 0.6 is 0 Å². The smallest absolute Gasteiger partial charge is 0.00530 e. The van der Waals surface area contributed by atoms with Crippen LogP contribution in [0.5, 0.6) is 0 Å². The Bertz CT molecular complexity index is 669. The van der Waals surface area contributed by atoms with Gasteiger partial charge < -0.3 is 0 Å². The molecule has 2 aromatic rings. The lowest BCUT2D eigenvalue weighted by Gasteiger charge is -2.55. The van der Waals surface area contributed by atoms with Crippen LogP contribution in [0.25, 0.3) is 0 Å². The summed E-state index contributed by atoms with van der Waals surface area (Å²) in [5.74, 6) is 1.62. The fraction of sp³-hybridized carbons (Fsp3) is 0.368. The average molecular weight is 246 g/mol. The first-order valence-corrected chi connectivity index (χ1v) is 7.54. The highest BCUT2D eigenvalue weighted by atomic mass is 14.6. The summed E-state index contributed by atoms with van der Waals surface area (Å²) in [6.07, 6.45) is 5.43. The van der Waals surface area contributed by atoms with Gasteiger partial charge in [0.2, 0.25) is 0 Å². The monoisotopic (exact) mass is 246 g/mol. The van der Waals surface area contributed by atoms with E-state index < -0.39 is 0 Å². The number of benzene rings is 2. The third-order valence-electron chi connectivity index (χ3n) is 6.09. The lowest BCUT2D eigenvalue weighted by Crippen LogP contribution is -2.45. The lowest BCUT2D eigenvalue weighted by molar-refractivity contribution is 0.0557. The molecule has 0 radical (unpaired) electrons. The van der Waals surface area contributed by atoms with E-state index in [0.29, 0.717) is 5.41 Å². The Morgan fingerprint density at radius 1 is 0.789 bits per heavy atom. The lowest BCUT2D eigenvalue weighted by atomic mass is 9.48. The van der Waals surface area contributed by atoms with E-state index in [2.05, 4.69) is 48.5 Å². The van der Waals surface area contributed by atoms with Crippen molar-refractivity contribution < 1.29 is 0 Å². The molecule has 0 aliphatic heterocycles. The molecule has 3 aliphatic carbocycles. The van der Waals surface area contributed by atoms with Crippen molar-refractivity contribution in [1.82, 2.24) is 0 Å². The van der Waals surface area contributed by atoms with Crippen LogP contribution in [0.2, 0.25) is 0 Å². The maximum atomic E-state index is 2.39. The molecule has 1 saturated carbocycles. The number of rotatable bonds is 0. The molecule has 3 aliphatic rings. The van der Waals surface area contributed by atoms with Gasteiger partial charge in [-0.15, -0.1) is 0 Å². The predicted octanol–water partition coefficient (Wildman–Crippen LogP) is 4.45. The van der Waals surface area contributed by atoms with E-state index in [9.17, 15) is 0 Å². The second kappa shape index (κ2) is 3.30. The topological polar surface area (TPSA) is 0 Å². The van der Waals surface area contributed by atoms with Crippen molar-refractivity contribution in [2.24, 2.45) is 5.41 Å². The van der Waals surface area contributed by atoms with Crippen LogP contribution in [0.15, 0.2) is 48.5 Å². The van der Waals surface area contributed by atoms with Gasteiger partial charge in [0.15, 0.2) is 0 Å². The summed E-state index contributed by atoms with van der Waals surface area (Å²) in [7, 11) is 0. The summed E-state index contributed by atoms with van der Waals surface area (Å²) in [6.45, 7) is 0. The van der Waals surface area contributed by atoms with Crippen molar-refractivity contribution in [3.05, 3.63) is 70.8 Å². The molecule has 1 spiro atoms. The van der Waals surface area contributed by atoms with Crippen molar-refractivity contribution in [3.8, 4) is 0 Å². The Balaban J connectivity index is 1.72. The molecule has 0 N–H and O–H groups in total. The van der Waals surface area contributed by atoms with Crippen molar-refractivity contribution >= 4 is 0 Å². The Kier molecular flexibility index (Phi) is 1.78. The molecule has 2 aromatic carbocycles. The maximum Gasteiger partial charge on any atom is -0.00530 e. The molecule has 0 heteroatoms. The summed E-state index contributed by atoms with van der Waals surface area (Å²) < 4.78 is 0. The first kappa shape index (κ1) is 10.3. The molecular formula is C19H18. The highest BCUT2D eigenvalue weighted by molar-refractivity contribution is 5.49. The molecule has 1 fully saturated rings. The van der Waals surface area contributed by atoms with Gasteiger partial charge in [0.05, 0.1) is 0 Å².